The van der Waals surface area contributed by atoms with Gasteiger partial charge in [0.05, 0.1) is 12.0 Å². The summed E-state index contributed by atoms with van der Waals surface area (Å²) in [6, 6.07) is 7.47. The number of hydrogen-bond donors (Lipinski definition) is 2. The molecule has 1 saturated heterocycles. The molecule has 0 radical (unpaired) electrons. The Morgan fingerprint density at radius 2 is 1.96 bits per heavy atom. The normalized spacial score (nSPS) is 26.9. The van der Waals surface area contributed by atoms with Crippen LogP contribution in [-0.2, 0) is 11.3 Å². The summed E-state index contributed by atoms with van der Waals surface area (Å²) in [7, 11) is 0. The average molecular weight is 346 g/mol. The minimum atomic E-state index is -0.499. The highest BCUT2D eigenvalue weighted by atomic mass is 16.3. The van der Waals surface area contributed by atoms with Crippen LogP contribution < -0.4 is 0 Å². The number of aliphatic hydroxyl groups excluding tert-OH is 1. The van der Waals surface area contributed by atoms with Crippen molar-refractivity contribution in [3.05, 3.63) is 29.8 Å². The maximum Gasteiger partial charge on any atom is 0.228 e. The topological polar surface area (TPSA) is 64.0 Å². The Hall–Kier alpha value is -1.59. The van der Waals surface area contributed by atoms with Gasteiger partial charge in [0.1, 0.15) is 5.75 Å². The highest BCUT2D eigenvalue weighted by Crippen LogP contribution is 2.29. The van der Waals surface area contributed by atoms with Crippen molar-refractivity contribution in [3.63, 3.8) is 0 Å². The minimum Gasteiger partial charge on any atom is -0.508 e. The smallest absolute Gasteiger partial charge is 0.228 e. The Morgan fingerprint density at radius 3 is 2.60 bits per heavy atom. The molecule has 0 bridgehead atoms. The molecule has 0 spiro atoms. The van der Waals surface area contributed by atoms with Gasteiger partial charge in [-0.15, -0.1) is 0 Å². The second-order valence-corrected chi connectivity index (χ2v) is 7.41. The summed E-state index contributed by atoms with van der Waals surface area (Å²) < 4.78 is 0. The molecule has 1 aromatic carbocycles. The lowest BCUT2D eigenvalue weighted by atomic mass is 10.0. The number of likely N-dealkylation sites (tertiary alicyclic amines) is 1. The van der Waals surface area contributed by atoms with E-state index in [2.05, 4.69) is 11.8 Å². The van der Waals surface area contributed by atoms with Crippen LogP contribution in [0.3, 0.4) is 0 Å². The van der Waals surface area contributed by atoms with Crippen LogP contribution in [0, 0.1) is 5.92 Å². The lowest BCUT2D eigenvalue weighted by molar-refractivity contribution is -0.139. The first-order valence-corrected chi connectivity index (χ1v) is 9.57. The standard InChI is InChI=1S/C20H30N2O3/c1-2-21-12-4-5-16(21)14-22(13-15-8-10-17(23)11-9-15)20(25)18-6-3-7-19(18)24/h8-11,16,18-19,23-24H,2-7,12-14H2,1H3. The van der Waals surface area contributed by atoms with Gasteiger partial charge in [-0.2, -0.15) is 0 Å². The predicted molar refractivity (Wildman–Crippen MR) is 97.1 cm³/mol. The number of aliphatic hydroxyl groups is 1. The molecule has 3 rings (SSSR count). The van der Waals surface area contributed by atoms with Crippen molar-refractivity contribution < 1.29 is 15.0 Å². The van der Waals surface area contributed by atoms with Gasteiger partial charge in [-0.05, 0) is 62.9 Å². The molecule has 1 aliphatic heterocycles. The molecule has 1 saturated carbocycles. The summed E-state index contributed by atoms with van der Waals surface area (Å²) >= 11 is 0. The summed E-state index contributed by atoms with van der Waals surface area (Å²) in [5, 5.41) is 19.7. The van der Waals surface area contributed by atoms with Gasteiger partial charge in [0.25, 0.3) is 0 Å². The van der Waals surface area contributed by atoms with Gasteiger partial charge in [-0.1, -0.05) is 19.1 Å². The molecule has 1 amide bonds. The maximum absolute atomic E-state index is 13.1. The van der Waals surface area contributed by atoms with Gasteiger partial charge in [0, 0.05) is 19.1 Å². The van der Waals surface area contributed by atoms with Crippen molar-refractivity contribution in [1.82, 2.24) is 9.80 Å². The number of benzene rings is 1. The first kappa shape index (κ1) is 18.2. The number of nitrogens with zero attached hydrogens (tertiary/aromatic N) is 2. The third-order valence-corrected chi connectivity index (χ3v) is 5.75. The highest BCUT2D eigenvalue weighted by Gasteiger charge is 2.36. The summed E-state index contributed by atoms with van der Waals surface area (Å²) in [6.07, 6.45) is 4.25. The number of aromatic hydroxyl groups is 1. The maximum atomic E-state index is 13.1. The molecule has 0 aromatic heterocycles. The Kier molecular flexibility index (Phi) is 5.97. The Bertz CT molecular complexity index is 575. The number of phenolic OH excluding ortho intramolecular Hbond substituents is 1. The second-order valence-electron chi connectivity index (χ2n) is 7.41. The van der Waals surface area contributed by atoms with Crippen molar-refractivity contribution in [2.45, 2.75) is 57.7 Å². The number of phenols is 1. The van der Waals surface area contributed by atoms with E-state index >= 15 is 0 Å². The largest absolute Gasteiger partial charge is 0.508 e. The van der Waals surface area contributed by atoms with E-state index in [1.54, 1.807) is 12.1 Å². The third kappa shape index (κ3) is 4.33. The number of carbonyl (C=O) groups excluding carboxylic acids is 1. The van der Waals surface area contributed by atoms with E-state index in [-0.39, 0.29) is 17.6 Å². The van der Waals surface area contributed by atoms with Crippen molar-refractivity contribution in [2.24, 2.45) is 5.92 Å². The summed E-state index contributed by atoms with van der Waals surface area (Å²) in [4.78, 5) is 17.5. The van der Waals surface area contributed by atoms with Crippen LogP contribution in [0.15, 0.2) is 24.3 Å². The van der Waals surface area contributed by atoms with E-state index in [1.165, 1.54) is 6.42 Å². The van der Waals surface area contributed by atoms with Crippen molar-refractivity contribution in [3.8, 4) is 5.75 Å². The van der Waals surface area contributed by atoms with Gasteiger partial charge < -0.3 is 15.1 Å². The fraction of sp³-hybridized carbons (Fsp3) is 0.650. The molecule has 2 aliphatic rings. The fourth-order valence-electron chi connectivity index (χ4n) is 4.29. The number of hydrogen-bond acceptors (Lipinski definition) is 4. The zero-order chi connectivity index (χ0) is 17.8. The number of carbonyl (C=O) groups is 1. The Labute approximate surface area is 150 Å². The molecule has 3 unspecified atom stereocenters. The SMILES string of the molecule is CCN1CCCC1CN(Cc1ccc(O)cc1)C(=O)C1CCCC1O. The highest BCUT2D eigenvalue weighted by molar-refractivity contribution is 5.79. The third-order valence-electron chi connectivity index (χ3n) is 5.75. The molecule has 1 aromatic rings. The molecule has 1 heterocycles. The molecule has 25 heavy (non-hydrogen) atoms. The number of rotatable bonds is 6. The van der Waals surface area contributed by atoms with Crippen LogP contribution in [0.25, 0.3) is 0 Å². The molecule has 2 N–H and O–H groups in total. The molecular weight excluding hydrogens is 316 g/mol. The van der Waals surface area contributed by atoms with E-state index in [0.29, 0.717) is 12.6 Å². The van der Waals surface area contributed by atoms with E-state index < -0.39 is 6.10 Å². The molecule has 2 fully saturated rings. The quantitative estimate of drug-likeness (QED) is 0.830. The molecule has 5 heteroatoms. The number of amides is 1. The number of likely N-dealkylation sites (N-methyl/N-ethyl adjacent to an activating group) is 1. The van der Waals surface area contributed by atoms with Crippen molar-refractivity contribution in [2.75, 3.05) is 19.6 Å². The van der Waals surface area contributed by atoms with Gasteiger partial charge in [-0.3, -0.25) is 9.69 Å². The van der Waals surface area contributed by atoms with Gasteiger partial charge >= 0.3 is 0 Å². The molecule has 138 valence electrons. The molecule has 5 nitrogen and oxygen atoms in total. The summed E-state index contributed by atoms with van der Waals surface area (Å²) in [5.41, 5.74) is 1.01. The first-order chi connectivity index (χ1) is 12.1. The zero-order valence-electron chi connectivity index (χ0n) is 15.1. The predicted octanol–water partition coefficient (Wildman–Crippen LogP) is 2.37. The van der Waals surface area contributed by atoms with Crippen LogP contribution >= 0.6 is 0 Å². The lowest BCUT2D eigenvalue weighted by Gasteiger charge is -2.32. The van der Waals surface area contributed by atoms with Crippen molar-refractivity contribution in [1.29, 1.82) is 0 Å². The zero-order valence-corrected chi connectivity index (χ0v) is 15.1. The summed E-state index contributed by atoms with van der Waals surface area (Å²) in [5.74, 6) is 0.0652. The summed E-state index contributed by atoms with van der Waals surface area (Å²) in [6.45, 7) is 5.55. The second kappa shape index (κ2) is 8.19. The lowest BCUT2D eigenvalue weighted by Crippen LogP contribution is -2.46. The van der Waals surface area contributed by atoms with E-state index in [9.17, 15) is 15.0 Å². The molecule has 1 aliphatic carbocycles. The van der Waals surface area contributed by atoms with Crippen LogP contribution in [0.1, 0.15) is 44.6 Å². The van der Waals surface area contributed by atoms with E-state index in [0.717, 1.165) is 50.9 Å². The fourth-order valence-corrected chi connectivity index (χ4v) is 4.29. The monoisotopic (exact) mass is 346 g/mol. The van der Waals surface area contributed by atoms with Crippen LogP contribution in [0.2, 0.25) is 0 Å². The van der Waals surface area contributed by atoms with Crippen LogP contribution in [-0.4, -0.2) is 57.7 Å². The van der Waals surface area contributed by atoms with Crippen LogP contribution in [0.5, 0.6) is 5.75 Å². The Morgan fingerprint density at radius 1 is 1.20 bits per heavy atom. The van der Waals surface area contributed by atoms with Gasteiger partial charge in [0.15, 0.2) is 0 Å². The Balaban J connectivity index is 1.74. The van der Waals surface area contributed by atoms with Gasteiger partial charge in [-0.25, -0.2) is 0 Å². The van der Waals surface area contributed by atoms with Crippen LogP contribution in [0.4, 0.5) is 0 Å². The molecular formula is C20H30N2O3. The van der Waals surface area contributed by atoms with E-state index in [1.807, 2.05) is 17.0 Å². The average Bonchev–Trinajstić information content (AvgIpc) is 3.24. The molecule has 3 atom stereocenters. The van der Waals surface area contributed by atoms with E-state index in [4.69, 9.17) is 0 Å². The minimum absolute atomic E-state index is 0.0843. The first-order valence-electron chi connectivity index (χ1n) is 9.57. The van der Waals surface area contributed by atoms with Gasteiger partial charge in [0.2, 0.25) is 5.91 Å². The van der Waals surface area contributed by atoms with Crippen molar-refractivity contribution >= 4 is 5.91 Å².